The number of rotatable bonds is 6. The van der Waals surface area contributed by atoms with E-state index in [0.717, 1.165) is 19.3 Å². The van der Waals surface area contributed by atoms with Crippen LogP contribution >= 0.6 is 0 Å². The van der Waals surface area contributed by atoms with E-state index in [0.29, 0.717) is 6.61 Å². The van der Waals surface area contributed by atoms with Crippen molar-refractivity contribution in [1.29, 1.82) is 0 Å². The number of carboxylic acid groups (broad SMARTS) is 1. The molecular formula is C12H25MnO5. The molecule has 0 saturated carbocycles. The minimum atomic E-state index is -0.829. The van der Waals surface area contributed by atoms with Crippen LogP contribution < -0.4 is 0 Å². The van der Waals surface area contributed by atoms with E-state index in [-0.39, 0.29) is 22.2 Å². The minimum absolute atomic E-state index is 0. The van der Waals surface area contributed by atoms with Crippen molar-refractivity contribution in [2.45, 2.75) is 52.3 Å². The van der Waals surface area contributed by atoms with Crippen LogP contribution in [-0.4, -0.2) is 29.1 Å². The molecular weight excluding hydrogens is 279 g/mol. The summed E-state index contributed by atoms with van der Waals surface area (Å²) >= 11 is 2.71. The quantitative estimate of drug-likeness (QED) is 0.599. The van der Waals surface area contributed by atoms with E-state index >= 15 is 0 Å². The first kappa shape index (κ1) is 22.6. The Labute approximate surface area is 117 Å². The van der Waals surface area contributed by atoms with Crippen molar-refractivity contribution < 1.29 is 40.9 Å². The SMILES string of the molecule is CCOC(=O)C(CC)(CC)CC.O.O=C(O)[CH2][Mn]. The van der Waals surface area contributed by atoms with Crippen LogP contribution in [0.1, 0.15) is 47.0 Å². The summed E-state index contributed by atoms with van der Waals surface area (Å²) in [4.78, 5) is 20.9. The molecule has 0 saturated heterocycles. The number of carboxylic acids is 1. The zero-order valence-corrected chi connectivity index (χ0v) is 12.8. The van der Waals surface area contributed by atoms with Crippen LogP contribution in [0.3, 0.4) is 0 Å². The van der Waals surface area contributed by atoms with E-state index in [9.17, 15) is 9.59 Å². The summed E-state index contributed by atoms with van der Waals surface area (Å²) in [6, 6.07) is 0. The van der Waals surface area contributed by atoms with E-state index in [1.807, 2.05) is 27.7 Å². The average molecular weight is 304 g/mol. The van der Waals surface area contributed by atoms with Crippen molar-refractivity contribution in [2.24, 2.45) is 5.41 Å². The number of hydrogen-bond donors (Lipinski definition) is 1. The Hall–Kier alpha value is -0.581. The fourth-order valence-corrected chi connectivity index (χ4v) is 1.47. The van der Waals surface area contributed by atoms with Crippen LogP contribution in [0.25, 0.3) is 0 Å². The first-order valence-corrected chi connectivity index (χ1v) is 6.72. The molecule has 0 aromatic heterocycles. The monoisotopic (exact) mass is 304 g/mol. The molecule has 0 radical (unpaired) electrons. The predicted molar refractivity (Wildman–Crippen MR) is 66.0 cm³/mol. The third-order valence-corrected chi connectivity index (χ3v) is 3.21. The molecule has 6 heteroatoms. The molecule has 0 aromatic carbocycles. The third-order valence-electron chi connectivity index (χ3n) is 2.85. The van der Waals surface area contributed by atoms with E-state index < -0.39 is 5.97 Å². The summed E-state index contributed by atoms with van der Waals surface area (Å²) in [6.07, 6.45) is 2.62. The maximum atomic E-state index is 11.5. The Kier molecular flexibility index (Phi) is 16.1. The summed E-state index contributed by atoms with van der Waals surface area (Å²) in [5, 5.41) is 7.71. The van der Waals surface area contributed by atoms with Gasteiger partial charge >= 0.3 is 43.2 Å². The second-order valence-electron chi connectivity index (χ2n) is 3.59. The van der Waals surface area contributed by atoms with Crippen LogP contribution in [-0.2, 0) is 30.3 Å². The van der Waals surface area contributed by atoms with Crippen molar-refractivity contribution in [1.82, 2.24) is 0 Å². The van der Waals surface area contributed by atoms with Gasteiger partial charge in [0.05, 0.1) is 12.0 Å². The molecule has 0 spiro atoms. The van der Waals surface area contributed by atoms with Gasteiger partial charge < -0.3 is 10.2 Å². The second kappa shape index (κ2) is 12.9. The van der Waals surface area contributed by atoms with E-state index in [1.54, 1.807) is 0 Å². The Bertz CT molecular complexity index is 218. The van der Waals surface area contributed by atoms with Crippen LogP contribution in [0.5, 0.6) is 0 Å². The zero-order chi connectivity index (χ0) is 13.9. The summed E-state index contributed by atoms with van der Waals surface area (Å²) < 4.78 is 5.04. The molecule has 0 aromatic rings. The molecule has 0 heterocycles. The van der Waals surface area contributed by atoms with Gasteiger partial charge in [0, 0.05) is 0 Å². The Morgan fingerprint density at radius 1 is 1.11 bits per heavy atom. The molecule has 18 heavy (non-hydrogen) atoms. The van der Waals surface area contributed by atoms with Crippen LogP contribution in [0.15, 0.2) is 0 Å². The standard InChI is InChI=1S/C10H20O2.C2H3O2.Mn.H2O/c1-5-10(6-2,7-3)9(11)12-8-4;1-2(3)4;;/h5-8H2,1-4H3;1H2,(H,3,4);;1H2. The molecule has 0 bridgehead atoms. The zero-order valence-electron chi connectivity index (χ0n) is 11.6. The number of ether oxygens (including phenoxy) is 1. The molecule has 0 unspecified atom stereocenters. The Morgan fingerprint density at radius 2 is 1.44 bits per heavy atom. The third kappa shape index (κ3) is 8.50. The van der Waals surface area contributed by atoms with Gasteiger partial charge in [-0.3, -0.25) is 4.79 Å². The predicted octanol–water partition coefficient (Wildman–Crippen LogP) is 1.98. The van der Waals surface area contributed by atoms with Gasteiger partial charge in [0.25, 0.3) is 0 Å². The van der Waals surface area contributed by atoms with Crippen molar-refractivity contribution >= 4 is 11.9 Å². The summed E-state index contributed by atoms with van der Waals surface area (Å²) in [7, 11) is 0. The van der Waals surface area contributed by atoms with E-state index in [1.165, 1.54) is 0 Å². The molecule has 5 nitrogen and oxygen atoms in total. The first-order chi connectivity index (χ1) is 7.93. The van der Waals surface area contributed by atoms with Gasteiger partial charge in [-0.2, -0.15) is 0 Å². The maximum absolute atomic E-state index is 11.5. The van der Waals surface area contributed by atoms with Crippen molar-refractivity contribution in [3.8, 4) is 0 Å². The molecule has 0 aliphatic carbocycles. The van der Waals surface area contributed by atoms with Gasteiger partial charge in [0.2, 0.25) is 0 Å². The van der Waals surface area contributed by atoms with Crippen molar-refractivity contribution in [3.63, 3.8) is 0 Å². The van der Waals surface area contributed by atoms with Gasteiger partial charge in [0.1, 0.15) is 0 Å². The molecule has 0 aliphatic rings. The van der Waals surface area contributed by atoms with Crippen molar-refractivity contribution in [2.75, 3.05) is 6.61 Å². The summed E-state index contributed by atoms with van der Waals surface area (Å²) in [5.74, 6) is -0.859. The van der Waals surface area contributed by atoms with Crippen LogP contribution in [0.4, 0.5) is 0 Å². The molecule has 0 atom stereocenters. The molecule has 3 N–H and O–H groups in total. The van der Waals surface area contributed by atoms with E-state index in [2.05, 4.69) is 16.0 Å². The Morgan fingerprint density at radius 3 is 1.61 bits per heavy atom. The van der Waals surface area contributed by atoms with E-state index in [4.69, 9.17) is 9.84 Å². The summed E-state index contributed by atoms with van der Waals surface area (Å²) in [6.45, 7) is 8.47. The average Bonchev–Trinajstić information content (AvgIpc) is 2.33. The molecule has 0 fully saturated rings. The second-order valence-corrected chi connectivity index (χ2v) is 4.01. The number of carbonyl (C=O) groups is 2. The molecule has 0 rings (SSSR count). The number of aliphatic carboxylic acids is 1. The van der Waals surface area contributed by atoms with Crippen molar-refractivity contribution in [3.05, 3.63) is 0 Å². The number of hydrogen-bond acceptors (Lipinski definition) is 3. The normalized spacial score (nSPS) is 9.61. The van der Waals surface area contributed by atoms with Gasteiger partial charge in [-0.15, -0.1) is 0 Å². The first-order valence-electron chi connectivity index (χ1n) is 5.88. The summed E-state index contributed by atoms with van der Waals surface area (Å²) in [5.41, 5.74) is -0.226. The number of carbonyl (C=O) groups excluding carboxylic acids is 1. The molecule has 0 aliphatic heterocycles. The van der Waals surface area contributed by atoms with Crippen LogP contribution in [0.2, 0.25) is 5.32 Å². The van der Waals surface area contributed by atoms with Gasteiger partial charge in [-0.25, -0.2) is 0 Å². The topological polar surface area (TPSA) is 95.1 Å². The van der Waals surface area contributed by atoms with Gasteiger partial charge in [-0.05, 0) is 26.2 Å². The fraction of sp³-hybridized carbons (Fsp3) is 0.833. The molecule has 110 valence electrons. The van der Waals surface area contributed by atoms with Crippen LogP contribution in [0, 0.1) is 5.41 Å². The fourth-order valence-electron chi connectivity index (χ4n) is 1.47. The molecule has 0 amide bonds. The Balaban J connectivity index is -0.000000321. The van der Waals surface area contributed by atoms with Gasteiger partial charge in [-0.1, -0.05) is 20.8 Å². The number of esters is 1. The van der Waals surface area contributed by atoms with Gasteiger partial charge in [0.15, 0.2) is 0 Å².